The van der Waals surface area contributed by atoms with Crippen LogP contribution in [0.1, 0.15) is 66.3 Å². The molecule has 1 aromatic carbocycles. The number of hydrogen-bond donors (Lipinski definition) is 3. The summed E-state index contributed by atoms with van der Waals surface area (Å²) in [6.45, 7) is 1.42. The van der Waals surface area contributed by atoms with Gasteiger partial charge in [0.25, 0.3) is 11.8 Å². The van der Waals surface area contributed by atoms with E-state index < -0.39 is 0 Å². The Labute approximate surface area is 170 Å². The molecule has 0 radical (unpaired) electrons. The Balaban J connectivity index is 1.66. The largest absolute Gasteiger partial charge is 0.348 e. The SMILES string of the molecule is CC(=O)Nc1cccc(NC(=O)c2ccnc(C(=O)NC3CCCCCC3)c2)c1. The Morgan fingerprint density at radius 1 is 0.897 bits per heavy atom. The summed E-state index contributed by atoms with van der Waals surface area (Å²) in [5.41, 5.74) is 1.71. The Kier molecular flexibility index (Phi) is 6.94. The number of nitrogens with zero attached hydrogens (tertiary/aromatic N) is 1. The molecule has 1 aromatic heterocycles. The first-order valence-electron chi connectivity index (χ1n) is 9.97. The molecule has 0 aliphatic heterocycles. The highest BCUT2D eigenvalue weighted by molar-refractivity contribution is 6.06. The average Bonchev–Trinajstić information content (AvgIpc) is 2.96. The van der Waals surface area contributed by atoms with Crippen LogP contribution < -0.4 is 16.0 Å². The van der Waals surface area contributed by atoms with E-state index in [4.69, 9.17) is 0 Å². The van der Waals surface area contributed by atoms with Crippen LogP contribution in [0.4, 0.5) is 11.4 Å². The van der Waals surface area contributed by atoms with E-state index in [0.29, 0.717) is 16.9 Å². The Bertz CT molecular complexity index is 889. The summed E-state index contributed by atoms with van der Waals surface area (Å²) in [7, 11) is 0. The van der Waals surface area contributed by atoms with Gasteiger partial charge in [0.1, 0.15) is 5.69 Å². The first-order valence-corrected chi connectivity index (χ1v) is 9.97. The molecule has 7 heteroatoms. The molecule has 0 spiro atoms. The molecular weight excluding hydrogens is 368 g/mol. The van der Waals surface area contributed by atoms with Gasteiger partial charge >= 0.3 is 0 Å². The second-order valence-electron chi connectivity index (χ2n) is 7.31. The topological polar surface area (TPSA) is 100 Å². The van der Waals surface area contributed by atoms with Gasteiger partial charge in [-0.3, -0.25) is 19.4 Å². The van der Waals surface area contributed by atoms with Crippen molar-refractivity contribution in [1.82, 2.24) is 10.3 Å². The molecule has 1 heterocycles. The number of benzene rings is 1. The van der Waals surface area contributed by atoms with E-state index in [9.17, 15) is 14.4 Å². The molecule has 0 saturated heterocycles. The van der Waals surface area contributed by atoms with E-state index in [1.807, 2.05) is 0 Å². The number of carbonyl (C=O) groups excluding carboxylic acids is 3. The van der Waals surface area contributed by atoms with Gasteiger partial charge in [0.15, 0.2) is 0 Å². The van der Waals surface area contributed by atoms with Gasteiger partial charge in [-0.05, 0) is 43.2 Å². The normalized spacial score (nSPS) is 14.5. The maximum Gasteiger partial charge on any atom is 0.270 e. The summed E-state index contributed by atoms with van der Waals surface area (Å²) in [4.78, 5) is 40.5. The molecule has 7 nitrogen and oxygen atoms in total. The van der Waals surface area contributed by atoms with Gasteiger partial charge in [0, 0.05) is 36.1 Å². The fraction of sp³-hybridized carbons (Fsp3) is 0.364. The number of amides is 3. The monoisotopic (exact) mass is 394 g/mol. The Morgan fingerprint density at radius 2 is 1.59 bits per heavy atom. The summed E-state index contributed by atoms with van der Waals surface area (Å²) < 4.78 is 0. The van der Waals surface area contributed by atoms with Crippen LogP contribution in [0.25, 0.3) is 0 Å². The first kappa shape index (κ1) is 20.5. The van der Waals surface area contributed by atoms with Crippen LogP contribution in [-0.2, 0) is 4.79 Å². The van der Waals surface area contributed by atoms with Crippen LogP contribution in [-0.4, -0.2) is 28.7 Å². The standard InChI is InChI=1S/C22H26N4O3/c1-15(27)24-18-9-6-10-19(14-18)26-21(28)16-11-12-23-20(13-16)22(29)25-17-7-4-2-3-5-8-17/h6,9-14,17H,2-5,7-8H2,1H3,(H,24,27)(H,25,29)(H,26,28). The molecular formula is C22H26N4O3. The number of nitrogens with one attached hydrogen (secondary N) is 3. The predicted molar refractivity (Wildman–Crippen MR) is 112 cm³/mol. The van der Waals surface area contributed by atoms with Crippen molar-refractivity contribution in [3.63, 3.8) is 0 Å². The van der Waals surface area contributed by atoms with Crippen LogP contribution in [0, 0.1) is 0 Å². The lowest BCUT2D eigenvalue weighted by Gasteiger charge is -2.16. The van der Waals surface area contributed by atoms with Crippen molar-refractivity contribution < 1.29 is 14.4 Å². The minimum Gasteiger partial charge on any atom is -0.348 e. The second kappa shape index (κ2) is 9.82. The quantitative estimate of drug-likeness (QED) is 0.673. The van der Waals surface area contributed by atoms with Crippen LogP contribution in [0.3, 0.4) is 0 Å². The number of anilines is 2. The van der Waals surface area contributed by atoms with Crippen molar-refractivity contribution in [2.45, 2.75) is 51.5 Å². The van der Waals surface area contributed by atoms with Crippen molar-refractivity contribution in [3.8, 4) is 0 Å². The van der Waals surface area contributed by atoms with Gasteiger partial charge in [-0.2, -0.15) is 0 Å². The van der Waals surface area contributed by atoms with E-state index in [1.54, 1.807) is 30.3 Å². The zero-order valence-corrected chi connectivity index (χ0v) is 16.5. The van der Waals surface area contributed by atoms with E-state index >= 15 is 0 Å². The van der Waals surface area contributed by atoms with E-state index in [0.717, 1.165) is 25.7 Å². The lowest BCUT2D eigenvalue weighted by atomic mass is 10.1. The van der Waals surface area contributed by atoms with Crippen LogP contribution >= 0.6 is 0 Å². The number of hydrogen-bond acceptors (Lipinski definition) is 4. The van der Waals surface area contributed by atoms with Crippen molar-refractivity contribution in [1.29, 1.82) is 0 Å². The van der Waals surface area contributed by atoms with Gasteiger partial charge in [-0.15, -0.1) is 0 Å². The summed E-state index contributed by atoms with van der Waals surface area (Å²) in [5, 5.41) is 8.49. The molecule has 0 unspecified atom stereocenters. The third-order valence-electron chi connectivity index (χ3n) is 4.89. The number of carbonyl (C=O) groups is 3. The Hall–Kier alpha value is -3.22. The molecule has 29 heavy (non-hydrogen) atoms. The molecule has 3 amide bonds. The third-order valence-corrected chi connectivity index (χ3v) is 4.89. The van der Waals surface area contributed by atoms with Crippen molar-refractivity contribution >= 4 is 29.1 Å². The van der Waals surface area contributed by atoms with Gasteiger partial charge in [0.2, 0.25) is 5.91 Å². The van der Waals surface area contributed by atoms with Gasteiger partial charge in [0.05, 0.1) is 0 Å². The third kappa shape index (κ3) is 6.14. The number of aromatic nitrogens is 1. The molecule has 2 aromatic rings. The maximum absolute atomic E-state index is 12.6. The molecule has 1 saturated carbocycles. The minimum absolute atomic E-state index is 0.167. The molecule has 1 aliphatic carbocycles. The van der Waals surface area contributed by atoms with Crippen molar-refractivity contribution in [2.75, 3.05) is 10.6 Å². The van der Waals surface area contributed by atoms with Crippen LogP contribution in [0.15, 0.2) is 42.6 Å². The molecule has 152 valence electrons. The Morgan fingerprint density at radius 3 is 2.28 bits per heavy atom. The van der Waals surface area contributed by atoms with E-state index in [1.165, 1.54) is 32.0 Å². The molecule has 3 N–H and O–H groups in total. The first-order chi connectivity index (χ1) is 14.0. The van der Waals surface area contributed by atoms with Crippen molar-refractivity contribution in [2.24, 2.45) is 0 Å². The molecule has 1 aliphatic rings. The summed E-state index contributed by atoms with van der Waals surface area (Å²) in [6, 6.07) is 10.1. The summed E-state index contributed by atoms with van der Waals surface area (Å²) >= 11 is 0. The second-order valence-corrected chi connectivity index (χ2v) is 7.31. The zero-order valence-electron chi connectivity index (χ0n) is 16.5. The number of rotatable bonds is 5. The van der Waals surface area contributed by atoms with E-state index in [2.05, 4.69) is 20.9 Å². The molecule has 0 atom stereocenters. The highest BCUT2D eigenvalue weighted by atomic mass is 16.2. The average molecular weight is 394 g/mol. The predicted octanol–water partition coefficient (Wildman–Crippen LogP) is 3.74. The van der Waals surface area contributed by atoms with Crippen LogP contribution in [0.2, 0.25) is 0 Å². The lowest BCUT2D eigenvalue weighted by molar-refractivity contribution is -0.114. The minimum atomic E-state index is -0.351. The molecule has 0 bridgehead atoms. The highest BCUT2D eigenvalue weighted by Crippen LogP contribution is 2.18. The molecule has 3 rings (SSSR count). The van der Waals surface area contributed by atoms with E-state index in [-0.39, 0.29) is 29.5 Å². The fourth-order valence-corrected chi connectivity index (χ4v) is 3.46. The van der Waals surface area contributed by atoms with Gasteiger partial charge in [-0.25, -0.2) is 0 Å². The fourth-order valence-electron chi connectivity index (χ4n) is 3.46. The van der Waals surface area contributed by atoms with Gasteiger partial charge in [-0.1, -0.05) is 31.7 Å². The lowest BCUT2D eigenvalue weighted by Crippen LogP contribution is -2.35. The van der Waals surface area contributed by atoms with Crippen LogP contribution in [0.5, 0.6) is 0 Å². The summed E-state index contributed by atoms with van der Waals surface area (Å²) in [6.07, 6.45) is 8.10. The van der Waals surface area contributed by atoms with Gasteiger partial charge < -0.3 is 16.0 Å². The highest BCUT2D eigenvalue weighted by Gasteiger charge is 2.18. The van der Waals surface area contributed by atoms with Crippen molar-refractivity contribution in [3.05, 3.63) is 53.9 Å². The maximum atomic E-state index is 12.6. The smallest absolute Gasteiger partial charge is 0.270 e. The number of pyridine rings is 1. The summed E-state index contributed by atoms with van der Waals surface area (Å²) in [5.74, 6) is -0.790. The zero-order chi connectivity index (χ0) is 20.6. The molecule has 1 fully saturated rings.